The summed E-state index contributed by atoms with van der Waals surface area (Å²) in [5.74, 6) is 0.426. The van der Waals surface area contributed by atoms with Gasteiger partial charge in [-0.15, -0.1) is 0 Å². The van der Waals surface area contributed by atoms with E-state index < -0.39 is 16.8 Å². The van der Waals surface area contributed by atoms with Crippen molar-refractivity contribution in [3.8, 4) is 0 Å². The molecule has 1 aromatic heterocycles. The van der Waals surface area contributed by atoms with E-state index in [1.54, 1.807) is 18.6 Å². The van der Waals surface area contributed by atoms with Gasteiger partial charge >= 0.3 is 5.97 Å². The van der Waals surface area contributed by atoms with Crippen molar-refractivity contribution in [3.05, 3.63) is 24.2 Å². The Morgan fingerprint density at radius 2 is 2.44 bits per heavy atom. The highest BCUT2D eigenvalue weighted by molar-refractivity contribution is 7.85. The van der Waals surface area contributed by atoms with E-state index in [-0.39, 0.29) is 12.0 Å². The molecule has 0 saturated carbocycles. The van der Waals surface area contributed by atoms with Gasteiger partial charge in [0.05, 0.1) is 19.6 Å². The number of rotatable bonds is 2. The molecular formula is C10H13NO4S. The summed E-state index contributed by atoms with van der Waals surface area (Å²) in [7, 11) is 0.316. The highest BCUT2D eigenvalue weighted by Gasteiger charge is 2.32. The number of nitrogens with one attached hydrogen (secondary N) is 1. The molecule has 0 aliphatic carbocycles. The Labute approximate surface area is 95.6 Å². The SMILES string of the molecule is COC(=O)C1CS(=O)CC(c2ccoc2)N1. The molecule has 1 saturated heterocycles. The third-order valence-corrected chi connectivity index (χ3v) is 3.95. The van der Waals surface area contributed by atoms with Crippen molar-refractivity contribution in [2.75, 3.05) is 18.6 Å². The van der Waals surface area contributed by atoms with Crippen molar-refractivity contribution in [2.24, 2.45) is 0 Å². The Morgan fingerprint density at radius 1 is 1.62 bits per heavy atom. The molecule has 3 atom stereocenters. The summed E-state index contributed by atoms with van der Waals surface area (Å²) in [6, 6.07) is 1.19. The summed E-state index contributed by atoms with van der Waals surface area (Å²) in [5, 5.41) is 3.11. The average molecular weight is 243 g/mol. The Hall–Kier alpha value is -1.14. The van der Waals surface area contributed by atoms with Gasteiger partial charge in [-0.25, -0.2) is 0 Å². The molecule has 3 unspecified atom stereocenters. The van der Waals surface area contributed by atoms with Crippen LogP contribution >= 0.6 is 0 Å². The van der Waals surface area contributed by atoms with Crippen molar-refractivity contribution in [1.29, 1.82) is 0 Å². The van der Waals surface area contributed by atoms with Gasteiger partial charge in [0.15, 0.2) is 0 Å². The molecule has 5 nitrogen and oxygen atoms in total. The number of carbonyl (C=O) groups is 1. The van der Waals surface area contributed by atoms with Gasteiger partial charge < -0.3 is 9.15 Å². The predicted octanol–water partition coefficient (Wildman–Crippen LogP) is 0.214. The summed E-state index contributed by atoms with van der Waals surface area (Å²) < 4.78 is 21.2. The average Bonchev–Trinajstić information content (AvgIpc) is 2.80. The Bertz CT molecular complexity index is 390. The maximum Gasteiger partial charge on any atom is 0.323 e. The lowest BCUT2D eigenvalue weighted by molar-refractivity contribution is -0.142. The lowest BCUT2D eigenvalue weighted by Crippen LogP contribution is -2.49. The van der Waals surface area contributed by atoms with Gasteiger partial charge in [-0.2, -0.15) is 0 Å². The van der Waals surface area contributed by atoms with Crippen LogP contribution in [-0.4, -0.2) is 34.8 Å². The molecule has 88 valence electrons. The van der Waals surface area contributed by atoms with Gasteiger partial charge in [0.2, 0.25) is 0 Å². The second-order valence-corrected chi connectivity index (χ2v) is 5.17. The normalized spacial score (nSPS) is 29.9. The zero-order valence-corrected chi connectivity index (χ0v) is 9.66. The number of methoxy groups -OCH3 is 1. The smallest absolute Gasteiger partial charge is 0.323 e. The molecule has 1 N–H and O–H groups in total. The number of hydrogen-bond acceptors (Lipinski definition) is 5. The summed E-state index contributed by atoms with van der Waals surface area (Å²) in [5.41, 5.74) is 0.905. The van der Waals surface area contributed by atoms with Crippen LogP contribution in [0.5, 0.6) is 0 Å². The van der Waals surface area contributed by atoms with E-state index in [1.165, 1.54) is 7.11 Å². The molecule has 0 aromatic carbocycles. The number of furan rings is 1. The molecule has 1 aromatic rings. The van der Waals surface area contributed by atoms with Crippen LogP contribution in [0.2, 0.25) is 0 Å². The van der Waals surface area contributed by atoms with Crippen LogP contribution < -0.4 is 5.32 Å². The lowest BCUT2D eigenvalue weighted by atomic mass is 10.1. The first-order chi connectivity index (χ1) is 7.70. The van der Waals surface area contributed by atoms with Gasteiger partial charge in [-0.1, -0.05) is 0 Å². The third kappa shape index (κ3) is 2.33. The van der Waals surface area contributed by atoms with Crippen LogP contribution in [0.4, 0.5) is 0 Å². The van der Waals surface area contributed by atoms with Crippen molar-refractivity contribution >= 4 is 16.8 Å². The van der Waals surface area contributed by atoms with E-state index in [2.05, 4.69) is 10.1 Å². The Balaban J connectivity index is 2.11. The minimum Gasteiger partial charge on any atom is -0.472 e. The van der Waals surface area contributed by atoms with E-state index in [0.717, 1.165) is 5.56 Å². The van der Waals surface area contributed by atoms with Crippen LogP contribution in [0.1, 0.15) is 11.6 Å². The minimum atomic E-state index is -1.01. The summed E-state index contributed by atoms with van der Waals surface area (Å²) in [6.45, 7) is 0. The first kappa shape index (κ1) is 11.3. The number of hydrogen-bond donors (Lipinski definition) is 1. The van der Waals surface area contributed by atoms with Crippen LogP contribution in [0.3, 0.4) is 0 Å². The van der Waals surface area contributed by atoms with Gasteiger partial charge in [0.25, 0.3) is 0 Å². The topological polar surface area (TPSA) is 68.5 Å². The van der Waals surface area contributed by atoms with E-state index in [4.69, 9.17) is 4.42 Å². The van der Waals surface area contributed by atoms with Crippen LogP contribution in [0.15, 0.2) is 23.0 Å². The Kier molecular flexibility index (Phi) is 3.40. The first-order valence-electron chi connectivity index (χ1n) is 4.91. The maximum absolute atomic E-state index is 11.6. The maximum atomic E-state index is 11.6. The molecule has 0 radical (unpaired) electrons. The van der Waals surface area contributed by atoms with Crippen molar-refractivity contribution < 1.29 is 18.2 Å². The lowest BCUT2D eigenvalue weighted by Gasteiger charge is -2.28. The molecule has 1 fully saturated rings. The monoisotopic (exact) mass is 243 g/mol. The highest BCUT2D eigenvalue weighted by Crippen LogP contribution is 2.19. The molecule has 1 aliphatic heterocycles. The molecule has 16 heavy (non-hydrogen) atoms. The number of ether oxygens (including phenoxy) is 1. The van der Waals surface area contributed by atoms with E-state index in [1.807, 2.05) is 0 Å². The standard InChI is InChI=1S/C10H13NO4S/c1-14-10(12)9-6-16(13)5-8(11-9)7-2-3-15-4-7/h2-4,8-9,11H,5-6H2,1H3. The third-order valence-electron chi connectivity index (χ3n) is 2.54. The van der Waals surface area contributed by atoms with Crippen LogP contribution in [-0.2, 0) is 20.3 Å². The Morgan fingerprint density at radius 3 is 3.06 bits per heavy atom. The van der Waals surface area contributed by atoms with Gasteiger partial charge in [-0.05, 0) is 6.07 Å². The number of esters is 1. The highest BCUT2D eigenvalue weighted by atomic mass is 32.2. The van der Waals surface area contributed by atoms with Crippen molar-refractivity contribution in [3.63, 3.8) is 0 Å². The summed E-state index contributed by atoms with van der Waals surface area (Å²) in [4.78, 5) is 11.4. The summed E-state index contributed by atoms with van der Waals surface area (Å²) in [6.07, 6.45) is 3.15. The van der Waals surface area contributed by atoms with Gasteiger partial charge in [0.1, 0.15) is 6.04 Å². The largest absolute Gasteiger partial charge is 0.472 e. The fourth-order valence-corrected chi connectivity index (χ4v) is 3.12. The molecule has 0 spiro atoms. The summed E-state index contributed by atoms with van der Waals surface area (Å²) >= 11 is 0. The van der Waals surface area contributed by atoms with E-state index >= 15 is 0 Å². The fourth-order valence-electron chi connectivity index (χ4n) is 1.72. The fraction of sp³-hybridized carbons (Fsp3) is 0.500. The minimum absolute atomic E-state index is 0.113. The zero-order valence-electron chi connectivity index (χ0n) is 8.84. The zero-order chi connectivity index (χ0) is 11.5. The van der Waals surface area contributed by atoms with Crippen LogP contribution in [0, 0.1) is 0 Å². The van der Waals surface area contributed by atoms with Crippen molar-refractivity contribution in [1.82, 2.24) is 5.32 Å². The number of carbonyl (C=O) groups excluding carboxylic acids is 1. The molecule has 0 amide bonds. The molecule has 2 rings (SSSR count). The van der Waals surface area contributed by atoms with Gasteiger partial charge in [-0.3, -0.25) is 14.3 Å². The van der Waals surface area contributed by atoms with Crippen LogP contribution in [0.25, 0.3) is 0 Å². The van der Waals surface area contributed by atoms with Crippen molar-refractivity contribution in [2.45, 2.75) is 12.1 Å². The van der Waals surface area contributed by atoms with E-state index in [9.17, 15) is 9.00 Å². The van der Waals surface area contributed by atoms with E-state index in [0.29, 0.717) is 11.5 Å². The molecule has 0 bridgehead atoms. The first-order valence-corrected chi connectivity index (χ1v) is 6.40. The predicted molar refractivity (Wildman–Crippen MR) is 58.3 cm³/mol. The van der Waals surface area contributed by atoms with Gasteiger partial charge in [0, 0.05) is 33.9 Å². The molecule has 1 aliphatic rings. The second-order valence-electron chi connectivity index (χ2n) is 3.62. The quantitative estimate of drug-likeness (QED) is 0.752. The molecule has 6 heteroatoms. The molecule has 2 heterocycles. The molecular weight excluding hydrogens is 230 g/mol. The second kappa shape index (κ2) is 4.80.